The molecule has 0 radical (unpaired) electrons. The molecule has 0 atom stereocenters. The molecule has 0 aliphatic heterocycles. The normalized spacial score (nSPS) is 32.6. The molecule has 2 aliphatic carbocycles. The second-order valence-corrected chi connectivity index (χ2v) is 5.42. The third kappa shape index (κ3) is 4.12. The van der Waals surface area contributed by atoms with E-state index in [2.05, 4.69) is 6.92 Å². The summed E-state index contributed by atoms with van der Waals surface area (Å²) in [4.78, 5) is 0. The molecular formula is C13H28O2. The summed E-state index contributed by atoms with van der Waals surface area (Å²) < 4.78 is 0. The van der Waals surface area contributed by atoms with Crippen LogP contribution in [0, 0.1) is 17.8 Å². The van der Waals surface area contributed by atoms with Crippen LogP contribution in [0.25, 0.3) is 0 Å². The van der Waals surface area contributed by atoms with E-state index in [4.69, 9.17) is 0 Å². The number of hydrogen-bond acceptors (Lipinski definition) is 0. The van der Waals surface area contributed by atoms with Crippen molar-refractivity contribution in [2.24, 2.45) is 17.8 Å². The Morgan fingerprint density at radius 1 is 0.600 bits per heavy atom. The second-order valence-electron chi connectivity index (χ2n) is 5.42. The van der Waals surface area contributed by atoms with Crippen LogP contribution in [0.4, 0.5) is 0 Å². The van der Waals surface area contributed by atoms with Crippen LogP contribution >= 0.6 is 0 Å². The van der Waals surface area contributed by atoms with Crippen molar-refractivity contribution in [3.63, 3.8) is 0 Å². The molecule has 2 saturated carbocycles. The van der Waals surface area contributed by atoms with Gasteiger partial charge in [0.05, 0.1) is 0 Å². The molecule has 0 unspecified atom stereocenters. The molecule has 0 bridgehead atoms. The standard InChI is InChI=1S/C13H24.2H2O/c1-11-7-9-13(10-8-11)12-5-3-2-4-6-12;;/h11-13H,2-10H2,1H3;2*1H2. The Balaban J connectivity index is 0.000000980. The summed E-state index contributed by atoms with van der Waals surface area (Å²) in [5.74, 6) is 3.28. The molecule has 15 heavy (non-hydrogen) atoms. The van der Waals surface area contributed by atoms with E-state index in [1.165, 1.54) is 32.1 Å². The lowest BCUT2D eigenvalue weighted by molar-refractivity contribution is 0.173. The van der Waals surface area contributed by atoms with Crippen molar-refractivity contribution in [2.75, 3.05) is 0 Å². The van der Waals surface area contributed by atoms with Gasteiger partial charge in [0.15, 0.2) is 0 Å². The van der Waals surface area contributed by atoms with Gasteiger partial charge in [-0.1, -0.05) is 51.9 Å². The summed E-state index contributed by atoms with van der Waals surface area (Å²) in [6.45, 7) is 2.43. The zero-order chi connectivity index (χ0) is 9.10. The second kappa shape index (κ2) is 7.24. The van der Waals surface area contributed by atoms with Crippen LogP contribution in [0.3, 0.4) is 0 Å². The summed E-state index contributed by atoms with van der Waals surface area (Å²) in [6, 6.07) is 0. The van der Waals surface area contributed by atoms with Crippen LogP contribution in [0.1, 0.15) is 64.7 Å². The van der Waals surface area contributed by atoms with E-state index in [1.807, 2.05) is 0 Å². The maximum atomic E-state index is 2.43. The lowest BCUT2D eigenvalue weighted by Gasteiger charge is -2.34. The van der Waals surface area contributed by atoms with Gasteiger partial charge in [-0.15, -0.1) is 0 Å². The Hall–Kier alpha value is -0.0800. The van der Waals surface area contributed by atoms with Crippen molar-refractivity contribution >= 4 is 0 Å². The van der Waals surface area contributed by atoms with Gasteiger partial charge < -0.3 is 11.0 Å². The maximum Gasteiger partial charge on any atom is -0.0386 e. The third-order valence-corrected chi connectivity index (χ3v) is 4.38. The summed E-state index contributed by atoms with van der Waals surface area (Å²) in [6.07, 6.45) is 13.8. The Morgan fingerprint density at radius 2 is 1.07 bits per heavy atom. The molecule has 0 spiro atoms. The van der Waals surface area contributed by atoms with E-state index in [-0.39, 0.29) is 11.0 Å². The molecule has 0 aromatic heterocycles. The summed E-state index contributed by atoms with van der Waals surface area (Å²) in [5.41, 5.74) is 0. The van der Waals surface area contributed by atoms with Crippen molar-refractivity contribution in [3.8, 4) is 0 Å². The third-order valence-electron chi connectivity index (χ3n) is 4.38. The number of hydrogen-bond donors (Lipinski definition) is 0. The van der Waals surface area contributed by atoms with Crippen molar-refractivity contribution < 1.29 is 11.0 Å². The molecule has 4 N–H and O–H groups in total. The lowest BCUT2D eigenvalue weighted by Crippen LogP contribution is -2.22. The minimum absolute atomic E-state index is 0. The number of rotatable bonds is 1. The van der Waals surface area contributed by atoms with Crippen LogP contribution in [0.5, 0.6) is 0 Å². The molecule has 0 aromatic rings. The van der Waals surface area contributed by atoms with Crippen LogP contribution < -0.4 is 0 Å². The Morgan fingerprint density at radius 3 is 1.60 bits per heavy atom. The quantitative estimate of drug-likeness (QED) is 0.647. The zero-order valence-corrected chi connectivity index (χ0v) is 10.1. The van der Waals surface area contributed by atoms with Crippen LogP contribution in [-0.4, -0.2) is 11.0 Å². The van der Waals surface area contributed by atoms with Gasteiger partial charge in [0.1, 0.15) is 0 Å². The fraction of sp³-hybridized carbons (Fsp3) is 1.00. The highest BCUT2D eigenvalue weighted by molar-refractivity contribution is 4.78. The predicted octanol–water partition coefficient (Wildman–Crippen LogP) is 2.74. The average molecular weight is 216 g/mol. The predicted molar refractivity (Wildman–Crippen MR) is 64.9 cm³/mol. The highest BCUT2D eigenvalue weighted by Gasteiger charge is 2.26. The highest BCUT2D eigenvalue weighted by atomic mass is 16.0. The van der Waals surface area contributed by atoms with Gasteiger partial charge in [-0.05, 0) is 30.6 Å². The first-order chi connectivity index (χ1) is 6.36. The van der Waals surface area contributed by atoms with E-state index in [0.717, 1.165) is 17.8 Å². The van der Waals surface area contributed by atoms with Crippen LogP contribution in [-0.2, 0) is 0 Å². The summed E-state index contributed by atoms with van der Waals surface area (Å²) in [7, 11) is 0. The van der Waals surface area contributed by atoms with Crippen molar-refractivity contribution in [3.05, 3.63) is 0 Å². The Labute approximate surface area is 94.1 Å². The first-order valence-electron chi connectivity index (χ1n) is 6.36. The fourth-order valence-corrected chi connectivity index (χ4v) is 3.36. The van der Waals surface area contributed by atoms with Crippen molar-refractivity contribution in [1.82, 2.24) is 0 Å². The molecule has 92 valence electrons. The lowest BCUT2D eigenvalue weighted by atomic mass is 9.71. The zero-order valence-electron chi connectivity index (χ0n) is 10.1. The first kappa shape index (κ1) is 14.9. The van der Waals surface area contributed by atoms with Crippen molar-refractivity contribution in [1.29, 1.82) is 0 Å². The molecule has 2 rings (SSSR count). The van der Waals surface area contributed by atoms with Crippen LogP contribution in [0.2, 0.25) is 0 Å². The van der Waals surface area contributed by atoms with Gasteiger partial charge in [0, 0.05) is 0 Å². The maximum absolute atomic E-state index is 2.43. The van der Waals surface area contributed by atoms with E-state index in [1.54, 1.807) is 25.7 Å². The molecule has 0 heterocycles. The fourth-order valence-electron chi connectivity index (χ4n) is 3.36. The largest absolute Gasteiger partial charge is 0.412 e. The molecule has 2 aliphatic rings. The van der Waals surface area contributed by atoms with Crippen molar-refractivity contribution in [2.45, 2.75) is 64.7 Å². The average Bonchev–Trinajstić information content (AvgIpc) is 2.20. The van der Waals surface area contributed by atoms with Crippen LogP contribution in [0.15, 0.2) is 0 Å². The Bertz CT molecular complexity index is 145. The monoisotopic (exact) mass is 216 g/mol. The minimum Gasteiger partial charge on any atom is -0.412 e. The first-order valence-corrected chi connectivity index (χ1v) is 6.36. The molecule has 2 fully saturated rings. The molecule has 2 heteroatoms. The van der Waals surface area contributed by atoms with E-state index in [9.17, 15) is 0 Å². The Kier molecular flexibility index (Phi) is 7.20. The van der Waals surface area contributed by atoms with Gasteiger partial charge >= 0.3 is 0 Å². The van der Waals surface area contributed by atoms with Gasteiger partial charge in [0.2, 0.25) is 0 Å². The summed E-state index contributed by atoms with van der Waals surface area (Å²) in [5, 5.41) is 0. The molecular weight excluding hydrogens is 188 g/mol. The summed E-state index contributed by atoms with van der Waals surface area (Å²) >= 11 is 0. The van der Waals surface area contributed by atoms with Gasteiger partial charge in [-0.3, -0.25) is 0 Å². The van der Waals surface area contributed by atoms with E-state index < -0.39 is 0 Å². The molecule has 0 saturated heterocycles. The topological polar surface area (TPSA) is 63.0 Å². The molecule has 0 amide bonds. The van der Waals surface area contributed by atoms with Gasteiger partial charge in [-0.25, -0.2) is 0 Å². The van der Waals surface area contributed by atoms with Gasteiger partial charge in [0.25, 0.3) is 0 Å². The van der Waals surface area contributed by atoms with E-state index in [0.29, 0.717) is 0 Å². The smallest absolute Gasteiger partial charge is 0.0386 e. The SMILES string of the molecule is CC1CCC(C2CCCCC2)CC1.O.O. The van der Waals surface area contributed by atoms with Gasteiger partial charge in [-0.2, -0.15) is 0 Å². The highest BCUT2D eigenvalue weighted by Crippen LogP contribution is 2.39. The van der Waals surface area contributed by atoms with E-state index >= 15 is 0 Å². The minimum atomic E-state index is 0. The molecule has 2 nitrogen and oxygen atoms in total. The molecule has 0 aromatic carbocycles.